The summed E-state index contributed by atoms with van der Waals surface area (Å²) in [5.74, 6) is 0.894. The van der Waals surface area contributed by atoms with Crippen molar-refractivity contribution >= 4 is 29.8 Å². The van der Waals surface area contributed by atoms with Crippen LogP contribution in [0, 0.1) is 6.92 Å². The van der Waals surface area contributed by atoms with Gasteiger partial charge in [0.2, 0.25) is 0 Å². The van der Waals surface area contributed by atoms with Crippen LogP contribution in [0.3, 0.4) is 0 Å². The van der Waals surface area contributed by atoms with Gasteiger partial charge in [-0.15, -0.1) is 0 Å². The predicted octanol–water partition coefficient (Wildman–Crippen LogP) is 5.40. The Morgan fingerprint density at radius 1 is 1.09 bits per heavy atom. The van der Waals surface area contributed by atoms with Gasteiger partial charge < -0.3 is 9.46 Å². The van der Waals surface area contributed by atoms with Crippen LogP contribution < -0.4 is 9.46 Å². The van der Waals surface area contributed by atoms with E-state index in [1.165, 1.54) is 24.0 Å². The summed E-state index contributed by atoms with van der Waals surface area (Å²) in [5, 5.41) is 0.786. The van der Waals surface area contributed by atoms with Crippen LogP contribution in [0.5, 0.6) is 5.75 Å². The molecule has 0 unspecified atom stereocenters. The highest BCUT2D eigenvalue weighted by Crippen LogP contribution is 2.35. The van der Waals surface area contributed by atoms with Gasteiger partial charge in [-0.1, -0.05) is 42.0 Å². The molecule has 1 aliphatic rings. The lowest BCUT2D eigenvalue weighted by molar-refractivity contribution is 0.414. The Morgan fingerprint density at radius 3 is 2.55 bits per heavy atom. The maximum atomic E-state index is 5.46. The first-order valence-corrected chi connectivity index (χ1v) is 8.47. The first-order valence-electron chi connectivity index (χ1n) is 7.59. The molecule has 1 N–H and O–H groups in total. The minimum atomic E-state index is 0.786. The van der Waals surface area contributed by atoms with E-state index in [0.717, 1.165) is 22.3 Å². The number of aryl methyl sites for hydroxylation is 1. The van der Waals surface area contributed by atoms with Crippen molar-refractivity contribution in [3.63, 3.8) is 0 Å². The molecule has 1 fully saturated rings. The molecule has 3 rings (SSSR count). The van der Waals surface area contributed by atoms with Gasteiger partial charge in [-0.2, -0.15) is 0 Å². The highest BCUT2D eigenvalue weighted by atomic mass is 32.2. The lowest BCUT2D eigenvalue weighted by Crippen LogP contribution is -1.92. The second-order valence-electron chi connectivity index (χ2n) is 5.62. The van der Waals surface area contributed by atoms with Crippen LogP contribution >= 0.6 is 11.9 Å². The van der Waals surface area contributed by atoms with Crippen molar-refractivity contribution in [3.8, 4) is 5.75 Å². The Morgan fingerprint density at radius 2 is 1.86 bits per heavy atom. The standard InChI is InChI=1S/C19H21NOS/c1-14-3-5-15(6-4-14)7-8-16-13-17(9-12-19(16)21-2)20-22-18-10-11-18/h3-9,12-13,18,20H,10-11H2,1-2H3/b8-7+. The van der Waals surface area contributed by atoms with Crippen LogP contribution in [0.2, 0.25) is 0 Å². The van der Waals surface area contributed by atoms with Crippen LogP contribution in [0.25, 0.3) is 12.2 Å². The van der Waals surface area contributed by atoms with Gasteiger partial charge >= 0.3 is 0 Å². The molecule has 0 aliphatic heterocycles. The topological polar surface area (TPSA) is 21.3 Å². The highest BCUT2D eigenvalue weighted by molar-refractivity contribution is 8.01. The summed E-state index contributed by atoms with van der Waals surface area (Å²) in [4.78, 5) is 0. The molecule has 0 atom stereocenters. The summed E-state index contributed by atoms with van der Waals surface area (Å²) in [6.07, 6.45) is 6.88. The number of benzene rings is 2. The molecule has 0 saturated heterocycles. The number of hydrogen-bond acceptors (Lipinski definition) is 3. The third-order valence-electron chi connectivity index (χ3n) is 3.63. The molecular formula is C19H21NOS. The third-order valence-corrected chi connectivity index (χ3v) is 4.79. The summed E-state index contributed by atoms with van der Waals surface area (Å²) < 4.78 is 8.89. The SMILES string of the molecule is COc1ccc(NSC2CC2)cc1/C=C/c1ccc(C)cc1. The average molecular weight is 311 g/mol. The van der Waals surface area contributed by atoms with Gasteiger partial charge in [-0.25, -0.2) is 0 Å². The molecule has 1 aliphatic carbocycles. The molecule has 2 nitrogen and oxygen atoms in total. The Balaban J connectivity index is 1.76. The van der Waals surface area contributed by atoms with E-state index >= 15 is 0 Å². The summed E-state index contributed by atoms with van der Waals surface area (Å²) >= 11 is 1.82. The van der Waals surface area contributed by atoms with E-state index in [2.05, 4.69) is 60.2 Å². The fourth-order valence-corrected chi connectivity index (χ4v) is 2.93. The molecule has 0 amide bonds. The first-order chi connectivity index (χ1) is 10.7. The van der Waals surface area contributed by atoms with Crippen LogP contribution in [0.15, 0.2) is 42.5 Å². The van der Waals surface area contributed by atoms with Gasteiger partial charge in [0.1, 0.15) is 5.75 Å². The van der Waals surface area contributed by atoms with E-state index in [1.54, 1.807) is 7.11 Å². The smallest absolute Gasteiger partial charge is 0.126 e. The van der Waals surface area contributed by atoms with Crippen molar-refractivity contribution < 1.29 is 4.74 Å². The number of methoxy groups -OCH3 is 1. The fraction of sp³-hybridized carbons (Fsp3) is 0.263. The molecule has 114 valence electrons. The van der Waals surface area contributed by atoms with E-state index < -0.39 is 0 Å². The molecule has 0 radical (unpaired) electrons. The van der Waals surface area contributed by atoms with E-state index in [4.69, 9.17) is 4.74 Å². The number of hydrogen-bond donors (Lipinski definition) is 1. The minimum Gasteiger partial charge on any atom is -0.496 e. The maximum Gasteiger partial charge on any atom is 0.126 e. The average Bonchev–Trinajstić information content (AvgIpc) is 3.37. The second kappa shape index (κ2) is 6.93. The molecule has 0 aromatic heterocycles. The summed E-state index contributed by atoms with van der Waals surface area (Å²) in [6.45, 7) is 2.10. The Bertz CT molecular complexity index is 660. The molecule has 0 bridgehead atoms. The van der Waals surface area contributed by atoms with Gasteiger partial charge in [0, 0.05) is 16.5 Å². The predicted molar refractivity (Wildman–Crippen MR) is 97.3 cm³/mol. The molecule has 0 heterocycles. The fourth-order valence-electron chi connectivity index (χ4n) is 2.13. The monoisotopic (exact) mass is 311 g/mol. The van der Waals surface area contributed by atoms with Gasteiger partial charge in [0.15, 0.2) is 0 Å². The molecule has 2 aromatic rings. The zero-order chi connectivity index (χ0) is 15.4. The number of nitrogens with one attached hydrogen (secondary N) is 1. The van der Waals surface area contributed by atoms with Gasteiger partial charge in [0.05, 0.1) is 7.11 Å². The Hall–Kier alpha value is -1.87. The van der Waals surface area contributed by atoms with E-state index in [-0.39, 0.29) is 0 Å². The van der Waals surface area contributed by atoms with Gasteiger partial charge in [0.25, 0.3) is 0 Å². The third kappa shape index (κ3) is 4.08. The Labute approximate surface area is 136 Å². The van der Waals surface area contributed by atoms with Gasteiger partial charge in [-0.05, 0) is 55.5 Å². The highest BCUT2D eigenvalue weighted by Gasteiger charge is 2.22. The van der Waals surface area contributed by atoms with Crippen LogP contribution in [-0.2, 0) is 0 Å². The molecule has 0 spiro atoms. The normalized spacial score (nSPS) is 14.3. The van der Waals surface area contributed by atoms with Crippen molar-refractivity contribution in [1.82, 2.24) is 0 Å². The van der Waals surface area contributed by atoms with E-state index in [1.807, 2.05) is 18.0 Å². The summed E-state index contributed by atoms with van der Waals surface area (Å²) in [5.41, 5.74) is 4.68. The van der Waals surface area contributed by atoms with Crippen molar-refractivity contribution in [2.75, 3.05) is 11.8 Å². The molecule has 3 heteroatoms. The molecular weight excluding hydrogens is 290 g/mol. The Kier molecular flexibility index (Phi) is 4.74. The molecule has 2 aromatic carbocycles. The number of anilines is 1. The second-order valence-corrected chi connectivity index (χ2v) is 6.73. The lowest BCUT2D eigenvalue weighted by Gasteiger charge is -2.09. The zero-order valence-electron chi connectivity index (χ0n) is 13.0. The number of ether oxygens (including phenoxy) is 1. The first kappa shape index (κ1) is 15.0. The quantitative estimate of drug-likeness (QED) is 0.570. The summed E-state index contributed by atoms with van der Waals surface area (Å²) in [6, 6.07) is 14.7. The minimum absolute atomic E-state index is 0.786. The summed E-state index contributed by atoms with van der Waals surface area (Å²) in [7, 11) is 1.71. The molecule has 1 saturated carbocycles. The van der Waals surface area contributed by atoms with Crippen LogP contribution in [0.1, 0.15) is 29.5 Å². The van der Waals surface area contributed by atoms with Crippen molar-refractivity contribution in [2.45, 2.75) is 25.0 Å². The van der Waals surface area contributed by atoms with Gasteiger partial charge in [-0.3, -0.25) is 0 Å². The van der Waals surface area contributed by atoms with Crippen LogP contribution in [-0.4, -0.2) is 12.4 Å². The molecule has 22 heavy (non-hydrogen) atoms. The van der Waals surface area contributed by atoms with Crippen molar-refractivity contribution in [3.05, 3.63) is 59.2 Å². The van der Waals surface area contributed by atoms with Crippen molar-refractivity contribution in [2.24, 2.45) is 0 Å². The lowest BCUT2D eigenvalue weighted by atomic mass is 10.1. The van der Waals surface area contributed by atoms with E-state index in [0.29, 0.717) is 0 Å². The number of rotatable bonds is 6. The van der Waals surface area contributed by atoms with Crippen LogP contribution in [0.4, 0.5) is 5.69 Å². The zero-order valence-corrected chi connectivity index (χ0v) is 13.8. The van der Waals surface area contributed by atoms with E-state index in [9.17, 15) is 0 Å². The van der Waals surface area contributed by atoms with Crippen molar-refractivity contribution in [1.29, 1.82) is 0 Å². The largest absolute Gasteiger partial charge is 0.496 e. The maximum absolute atomic E-state index is 5.46.